The van der Waals surface area contributed by atoms with Crippen LogP contribution in [0.3, 0.4) is 0 Å². The van der Waals surface area contributed by atoms with Crippen molar-refractivity contribution in [2.75, 3.05) is 6.67 Å². The number of aliphatic hydroxyl groups is 1. The van der Waals surface area contributed by atoms with Gasteiger partial charge in [-0.15, -0.1) is 5.10 Å². The van der Waals surface area contributed by atoms with Gasteiger partial charge >= 0.3 is 0 Å². The van der Waals surface area contributed by atoms with E-state index in [1.165, 1.54) is 0 Å². The summed E-state index contributed by atoms with van der Waals surface area (Å²) in [7, 11) is 0. The van der Waals surface area contributed by atoms with E-state index in [1.807, 2.05) is 6.92 Å². The molecule has 0 saturated carbocycles. The van der Waals surface area contributed by atoms with Crippen molar-refractivity contribution < 1.29 is 9.50 Å². The van der Waals surface area contributed by atoms with Crippen LogP contribution in [-0.4, -0.2) is 26.8 Å². The van der Waals surface area contributed by atoms with E-state index in [9.17, 15) is 9.50 Å². The lowest BCUT2D eigenvalue weighted by Gasteiger charge is -2.00. The number of aliphatic hydroxyl groups excluding tert-OH is 1. The molecule has 1 N–H and O–H groups in total. The lowest BCUT2D eigenvalue weighted by molar-refractivity contribution is 0.168. The van der Waals surface area contributed by atoms with Gasteiger partial charge in [0.1, 0.15) is 5.69 Å². The fourth-order valence-corrected chi connectivity index (χ4v) is 1.01. The monoisotopic (exact) mass is 187 g/mol. The second-order valence-corrected chi connectivity index (χ2v) is 2.87. The van der Waals surface area contributed by atoms with Crippen molar-refractivity contribution >= 4 is 0 Å². The molecule has 0 aliphatic heterocycles. The lowest BCUT2D eigenvalue weighted by Crippen LogP contribution is -1.99. The van der Waals surface area contributed by atoms with Gasteiger partial charge in [0.2, 0.25) is 0 Å². The third-order valence-electron chi connectivity index (χ3n) is 1.81. The fraction of sp³-hybridized carbons (Fsp3) is 0.750. The van der Waals surface area contributed by atoms with Crippen molar-refractivity contribution in [3.05, 3.63) is 11.9 Å². The topological polar surface area (TPSA) is 50.9 Å². The maximum Gasteiger partial charge on any atom is 0.111 e. The molecule has 1 heterocycles. The van der Waals surface area contributed by atoms with E-state index >= 15 is 0 Å². The van der Waals surface area contributed by atoms with Crippen LogP contribution in [0.2, 0.25) is 0 Å². The molecule has 74 valence electrons. The Balaban J connectivity index is 2.53. The number of halogens is 1. The van der Waals surface area contributed by atoms with Crippen LogP contribution >= 0.6 is 0 Å². The molecule has 0 saturated heterocycles. The normalized spacial score (nSPS) is 13.2. The third-order valence-corrected chi connectivity index (χ3v) is 1.81. The molecule has 0 radical (unpaired) electrons. The molecule has 13 heavy (non-hydrogen) atoms. The highest BCUT2D eigenvalue weighted by Crippen LogP contribution is 2.11. The first kappa shape index (κ1) is 10.1. The van der Waals surface area contributed by atoms with Crippen LogP contribution in [-0.2, 0) is 6.54 Å². The van der Waals surface area contributed by atoms with Gasteiger partial charge in [0.15, 0.2) is 0 Å². The van der Waals surface area contributed by atoms with Crippen LogP contribution in [0, 0.1) is 0 Å². The molecule has 1 atom stereocenters. The van der Waals surface area contributed by atoms with Gasteiger partial charge < -0.3 is 5.11 Å². The number of nitrogens with zero attached hydrogens (tertiary/aromatic N) is 3. The lowest BCUT2D eigenvalue weighted by atomic mass is 10.2. The smallest absolute Gasteiger partial charge is 0.111 e. The van der Waals surface area contributed by atoms with Crippen molar-refractivity contribution in [1.82, 2.24) is 15.0 Å². The Kier molecular flexibility index (Phi) is 3.82. The standard InChI is InChI=1S/C8H14FN3O/c1-2-8(13)7-6-12(11-10-7)5-3-4-9/h6,8,13H,2-5H2,1H3. The zero-order chi connectivity index (χ0) is 9.68. The van der Waals surface area contributed by atoms with Gasteiger partial charge in [0.05, 0.1) is 19.0 Å². The molecule has 0 aliphatic rings. The molecule has 5 heteroatoms. The first-order valence-corrected chi connectivity index (χ1v) is 4.42. The molecular formula is C8H14FN3O. The molecule has 1 unspecified atom stereocenters. The number of hydrogen-bond acceptors (Lipinski definition) is 3. The Morgan fingerprint density at radius 2 is 2.46 bits per heavy atom. The number of aromatic nitrogens is 3. The average Bonchev–Trinajstić information content (AvgIpc) is 2.62. The number of alkyl halides is 1. The Labute approximate surface area is 76.4 Å². The van der Waals surface area contributed by atoms with Gasteiger partial charge in [-0.3, -0.25) is 9.07 Å². The van der Waals surface area contributed by atoms with Gasteiger partial charge in [0, 0.05) is 6.54 Å². The average molecular weight is 187 g/mol. The van der Waals surface area contributed by atoms with Crippen LogP contribution in [0.5, 0.6) is 0 Å². The van der Waals surface area contributed by atoms with Crippen molar-refractivity contribution in [3.63, 3.8) is 0 Å². The zero-order valence-corrected chi connectivity index (χ0v) is 7.65. The largest absolute Gasteiger partial charge is 0.387 e. The molecule has 1 rings (SSSR count). The summed E-state index contributed by atoms with van der Waals surface area (Å²) in [5.74, 6) is 0. The highest BCUT2D eigenvalue weighted by atomic mass is 19.1. The minimum atomic E-state index is -0.556. The summed E-state index contributed by atoms with van der Waals surface area (Å²) in [5.41, 5.74) is 0.557. The third kappa shape index (κ3) is 2.77. The molecule has 4 nitrogen and oxygen atoms in total. The highest BCUT2D eigenvalue weighted by molar-refractivity contribution is 4.96. The van der Waals surface area contributed by atoms with E-state index in [2.05, 4.69) is 10.3 Å². The molecule has 0 fully saturated rings. The maximum absolute atomic E-state index is 11.8. The van der Waals surface area contributed by atoms with Crippen LogP contribution in [0.15, 0.2) is 6.20 Å². The molecule has 0 spiro atoms. The molecule has 1 aromatic rings. The van der Waals surface area contributed by atoms with Gasteiger partial charge in [0.25, 0.3) is 0 Å². The number of rotatable bonds is 5. The van der Waals surface area contributed by atoms with Gasteiger partial charge in [-0.05, 0) is 12.8 Å². The van der Waals surface area contributed by atoms with Crippen molar-refractivity contribution in [1.29, 1.82) is 0 Å². The van der Waals surface area contributed by atoms with Crippen LogP contribution < -0.4 is 0 Å². The van der Waals surface area contributed by atoms with Crippen LogP contribution in [0.1, 0.15) is 31.6 Å². The first-order chi connectivity index (χ1) is 6.27. The predicted molar refractivity (Wildman–Crippen MR) is 45.9 cm³/mol. The van der Waals surface area contributed by atoms with Crippen molar-refractivity contribution in [3.8, 4) is 0 Å². The Morgan fingerprint density at radius 1 is 1.69 bits per heavy atom. The van der Waals surface area contributed by atoms with Crippen molar-refractivity contribution in [2.24, 2.45) is 0 Å². The highest BCUT2D eigenvalue weighted by Gasteiger charge is 2.08. The first-order valence-electron chi connectivity index (χ1n) is 4.42. The summed E-state index contributed by atoms with van der Waals surface area (Å²) in [6.45, 7) is 2.02. The molecule has 0 bridgehead atoms. The molecule has 1 aromatic heterocycles. The predicted octanol–water partition coefficient (Wildman–Crippen LogP) is 1.08. The van der Waals surface area contributed by atoms with Crippen LogP contribution in [0.25, 0.3) is 0 Å². The van der Waals surface area contributed by atoms with Gasteiger partial charge in [-0.25, -0.2) is 0 Å². The summed E-state index contributed by atoms with van der Waals surface area (Å²) >= 11 is 0. The van der Waals surface area contributed by atoms with E-state index in [0.29, 0.717) is 25.1 Å². The summed E-state index contributed by atoms with van der Waals surface area (Å²) in [4.78, 5) is 0. The van der Waals surface area contributed by atoms with E-state index in [-0.39, 0.29) is 6.67 Å². The second-order valence-electron chi connectivity index (χ2n) is 2.87. The second kappa shape index (κ2) is 4.91. The van der Waals surface area contributed by atoms with Crippen molar-refractivity contribution in [2.45, 2.75) is 32.4 Å². The SMILES string of the molecule is CCC(O)c1cn(CCCF)nn1. The molecule has 0 amide bonds. The van der Waals surface area contributed by atoms with E-state index < -0.39 is 6.10 Å². The Morgan fingerprint density at radius 3 is 3.08 bits per heavy atom. The summed E-state index contributed by atoms with van der Waals surface area (Å²) in [5, 5.41) is 16.9. The van der Waals surface area contributed by atoms with E-state index in [0.717, 1.165) is 0 Å². The quantitative estimate of drug-likeness (QED) is 0.750. The number of aryl methyl sites for hydroxylation is 1. The summed E-state index contributed by atoms with van der Waals surface area (Å²) < 4.78 is 13.3. The van der Waals surface area contributed by atoms with E-state index in [4.69, 9.17) is 0 Å². The Hall–Kier alpha value is -0.970. The zero-order valence-electron chi connectivity index (χ0n) is 7.65. The van der Waals surface area contributed by atoms with Crippen LogP contribution in [0.4, 0.5) is 4.39 Å². The number of hydrogen-bond donors (Lipinski definition) is 1. The maximum atomic E-state index is 11.8. The summed E-state index contributed by atoms with van der Waals surface area (Å²) in [6.07, 6.45) is 2.15. The summed E-state index contributed by atoms with van der Waals surface area (Å²) in [6, 6.07) is 0. The molecular weight excluding hydrogens is 173 g/mol. The Bertz CT molecular complexity index is 251. The van der Waals surface area contributed by atoms with E-state index in [1.54, 1.807) is 10.9 Å². The minimum Gasteiger partial charge on any atom is -0.387 e. The molecule has 0 aliphatic carbocycles. The van der Waals surface area contributed by atoms with Gasteiger partial charge in [-0.1, -0.05) is 12.1 Å². The van der Waals surface area contributed by atoms with Gasteiger partial charge in [-0.2, -0.15) is 0 Å². The minimum absolute atomic E-state index is 0.356. The molecule has 0 aromatic carbocycles. The fourth-order valence-electron chi connectivity index (χ4n) is 1.01.